The molecule has 0 bridgehead atoms. The Hall–Kier alpha value is -1.98. The molecular weight excluding hydrogens is 280 g/mol. The second kappa shape index (κ2) is 9.05. The van der Waals surface area contributed by atoms with Crippen LogP contribution in [0.2, 0.25) is 0 Å². The van der Waals surface area contributed by atoms with Crippen LogP contribution in [0.15, 0.2) is 18.2 Å². The van der Waals surface area contributed by atoms with Gasteiger partial charge in [-0.2, -0.15) is 0 Å². The number of rotatable bonds is 9. The van der Waals surface area contributed by atoms with Gasteiger partial charge in [0, 0.05) is 13.0 Å². The van der Waals surface area contributed by atoms with Gasteiger partial charge in [0.15, 0.2) is 0 Å². The first-order valence-corrected chi connectivity index (χ1v) is 6.96. The molecule has 0 atom stereocenters. The summed E-state index contributed by atoms with van der Waals surface area (Å²) in [4.78, 5) is 21.9. The van der Waals surface area contributed by atoms with E-state index in [1.54, 1.807) is 0 Å². The highest BCUT2D eigenvalue weighted by Gasteiger charge is 2.15. The first-order valence-electron chi connectivity index (χ1n) is 6.96. The van der Waals surface area contributed by atoms with Crippen LogP contribution in [0.4, 0.5) is 8.78 Å². The van der Waals surface area contributed by atoms with Gasteiger partial charge in [-0.15, -0.1) is 0 Å². The van der Waals surface area contributed by atoms with Crippen molar-refractivity contribution in [2.24, 2.45) is 0 Å². The van der Waals surface area contributed by atoms with Crippen LogP contribution in [0.1, 0.15) is 48.9 Å². The molecule has 116 valence electrons. The number of hydrogen-bond donors (Lipinski definition) is 2. The maximum absolute atomic E-state index is 13.3. The number of hydrogen-bond acceptors (Lipinski definition) is 2. The molecule has 0 aromatic heterocycles. The molecular formula is C15H19F2NO3. The Balaban J connectivity index is 2.18. The van der Waals surface area contributed by atoms with Crippen molar-refractivity contribution in [3.8, 4) is 0 Å². The molecule has 0 aliphatic carbocycles. The zero-order valence-electron chi connectivity index (χ0n) is 11.7. The molecule has 0 aliphatic rings. The molecule has 0 saturated carbocycles. The van der Waals surface area contributed by atoms with Gasteiger partial charge < -0.3 is 10.4 Å². The van der Waals surface area contributed by atoms with E-state index in [4.69, 9.17) is 5.11 Å². The standard InChI is InChI=1S/C15H19F2NO3/c16-11-7-6-8-12(17)14(11)15(21)18-10-5-3-1-2-4-9-13(19)20/h6-8H,1-5,9-10H2,(H,18,21)(H,19,20). The van der Waals surface area contributed by atoms with Crippen LogP contribution in [0.25, 0.3) is 0 Å². The number of amides is 1. The Labute approximate surface area is 122 Å². The molecule has 2 N–H and O–H groups in total. The lowest BCUT2D eigenvalue weighted by atomic mass is 10.1. The lowest BCUT2D eigenvalue weighted by Crippen LogP contribution is -2.26. The van der Waals surface area contributed by atoms with Crippen LogP contribution in [0, 0.1) is 11.6 Å². The smallest absolute Gasteiger partial charge is 0.303 e. The van der Waals surface area contributed by atoms with Crippen molar-refractivity contribution in [2.45, 2.75) is 38.5 Å². The molecule has 0 aliphatic heterocycles. The number of unbranched alkanes of at least 4 members (excludes halogenated alkanes) is 4. The molecule has 6 heteroatoms. The van der Waals surface area contributed by atoms with Crippen molar-refractivity contribution in [2.75, 3.05) is 6.54 Å². The van der Waals surface area contributed by atoms with Crippen LogP contribution >= 0.6 is 0 Å². The van der Waals surface area contributed by atoms with E-state index >= 15 is 0 Å². The maximum Gasteiger partial charge on any atom is 0.303 e. The fraction of sp³-hybridized carbons (Fsp3) is 0.467. The summed E-state index contributed by atoms with van der Waals surface area (Å²) in [6.45, 7) is 0.339. The Bertz CT molecular complexity index is 472. The highest BCUT2D eigenvalue weighted by molar-refractivity contribution is 5.94. The summed E-state index contributed by atoms with van der Waals surface area (Å²) in [6.07, 6.45) is 4.03. The zero-order valence-corrected chi connectivity index (χ0v) is 11.7. The lowest BCUT2D eigenvalue weighted by Gasteiger charge is -2.07. The largest absolute Gasteiger partial charge is 0.481 e. The predicted octanol–water partition coefficient (Wildman–Crippen LogP) is 3.12. The number of carbonyl (C=O) groups excluding carboxylic acids is 1. The first-order chi connectivity index (χ1) is 10.0. The normalized spacial score (nSPS) is 10.4. The van der Waals surface area contributed by atoms with Gasteiger partial charge in [-0.25, -0.2) is 8.78 Å². The van der Waals surface area contributed by atoms with Gasteiger partial charge >= 0.3 is 5.97 Å². The molecule has 1 aromatic rings. The van der Waals surface area contributed by atoms with Crippen molar-refractivity contribution >= 4 is 11.9 Å². The molecule has 1 aromatic carbocycles. The topological polar surface area (TPSA) is 66.4 Å². The number of carbonyl (C=O) groups is 2. The van der Waals surface area contributed by atoms with Gasteiger partial charge in [0.1, 0.15) is 17.2 Å². The van der Waals surface area contributed by atoms with Crippen molar-refractivity contribution in [1.82, 2.24) is 5.32 Å². The third-order valence-electron chi connectivity index (χ3n) is 3.04. The monoisotopic (exact) mass is 299 g/mol. The molecule has 0 unspecified atom stereocenters. The van der Waals surface area contributed by atoms with Crippen LogP contribution in [0.3, 0.4) is 0 Å². The summed E-state index contributed by atoms with van der Waals surface area (Å²) < 4.78 is 26.7. The third-order valence-corrected chi connectivity index (χ3v) is 3.04. The fourth-order valence-corrected chi connectivity index (χ4v) is 1.94. The molecule has 0 heterocycles. The van der Waals surface area contributed by atoms with E-state index in [1.807, 2.05) is 0 Å². The van der Waals surface area contributed by atoms with E-state index in [0.717, 1.165) is 31.4 Å². The highest BCUT2D eigenvalue weighted by Crippen LogP contribution is 2.11. The number of nitrogens with one attached hydrogen (secondary N) is 1. The van der Waals surface area contributed by atoms with Crippen molar-refractivity contribution in [3.05, 3.63) is 35.4 Å². The van der Waals surface area contributed by atoms with Gasteiger partial charge in [-0.05, 0) is 25.0 Å². The molecule has 0 radical (unpaired) electrons. The Morgan fingerprint density at radius 2 is 1.57 bits per heavy atom. The quantitative estimate of drug-likeness (QED) is 0.688. The number of aliphatic carboxylic acids is 1. The molecule has 1 rings (SSSR count). The molecule has 4 nitrogen and oxygen atoms in total. The summed E-state index contributed by atoms with van der Waals surface area (Å²) in [5.74, 6) is -3.30. The van der Waals surface area contributed by atoms with Gasteiger partial charge in [0.25, 0.3) is 5.91 Å². The average molecular weight is 299 g/mol. The first kappa shape index (κ1) is 17.1. The molecule has 1 amide bonds. The summed E-state index contributed by atoms with van der Waals surface area (Å²) in [6, 6.07) is 3.29. The molecule has 21 heavy (non-hydrogen) atoms. The number of carboxylic acid groups (broad SMARTS) is 1. The Morgan fingerprint density at radius 3 is 2.19 bits per heavy atom. The van der Waals surface area contributed by atoms with E-state index in [2.05, 4.69) is 5.32 Å². The molecule has 0 saturated heterocycles. The van der Waals surface area contributed by atoms with E-state index in [-0.39, 0.29) is 6.42 Å². The van der Waals surface area contributed by atoms with E-state index < -0.39 is 29.1 Å². The summed E-state index contributed by atoms with van der Waals surface area (Å²) in [5, 5.41) is 10.9. The Morgan fingerprint density at radius 1 is 1.00 bits per heavy atom. The maximum atomic E-state index is 13.3. The second-order valence-corrected chi connectivity index (χ2v) is 4.76. The fourth-order valence-electron chi connectivity index (χ4n) is 1.94. The molecule has 0 spiro atoms. The minimum atomic E-state index is -0.874. The summed E-state index contributed by atoms with van der Waals surface area (Å²) in [5.41, 5.74) is -0.557. The summed E-state index contributed by atoms with van der Waals surface area (Å²) >= 11 is 0. The molecule has 0 fully saturated rings. The van der Waals surface area contributed by atoms with Gasteiger partial charge in [0.05, 0.1) is 0 Å². The van der Waals surface area contributed by atoms with Crippen molar-refractivity contribution in [3.63, 3.8) is 0 Å². The number of benzene rings is 1. The number of halogens is 2. The van der Waals surface area contributed by atoms with E-state index in [0.29, 0.717) is 19.4 Å². The van der Waals surface area contributed by atoms with Gasteiger partial charge in [-0.1, -0.05) is 25.3 Å². The zero-order chi connectivity index (χ0) is 15.7. The minimum Gasteiger partial charge on any atom is -0.481 e. The third kappa shape index (κ3) is 6.33. The van der Waals surface area contributed by atoms with Crippen LogP contribution < -0.4 is 5.32 Å². The highest BCUT2D eigenvalue weighted by atomic mass is 19.1. The van der Waals surface area contributed by atoms with Crippen LogP contribution in [0.5, 0.6) is 0 Å². The SMILES string of the molecule is O=C(O)CCCCCCCNC(=O)c1c(F)cccc1F. The number of carboxylic acids is 1. The van der Waals surface area contributed by atoms with Crippen LogP contribution in [-0.4, -0.2) is 23.5 Å². The minimum absolute atomic E-state index is 0.170. The van der Waals surface area contributed by atoms with Gasteiger partial charge in [0.2, 0.25) is 0 Å². The average Bonchev–Trinajstić information content (AvgIpc) is 2.41. The van der Waals surface area contributed by atoms with E-state index in [1.165, 1.54) is 6.07 Å². The van der Waals surface area contributed by atoms with E-state index in [9.17, 15) is 18.4 Å². The van der Waals surface area contributed by atoms with Gasteiger partial charge in [-0.3, -0.25) is 9.59 Å². The predicted molar refractivity (Wildman–Crippen MR) is 74.0 cm³/mol. The van der Waals surface area contributed by atoms with Crippen LogP contribution in [-0.2, 0) is 4.79 Å². The van der Waals surface area contributed by atoms with Crippen molar-refractivity contribution < 1.29 is 23.5 Å². The van der Waals surface area contributed by atoms with Crippen molar-refractivity contribution in [1.29, 1.82) is 0 Å². The Kier molecular flexibility index (Phi) is 7.36. The summed E-state index contributed by atoms with van der Waals surface area (Å²) in [7, 11) is 0. The lowest BCUT2D eigenvalue weighted by molar-refractivity contribution is -0.137. The second-order valence-electron chi connectivity index (χ2n) is 4.76.